The maximum atomic E-state index is 12.4. The van der Waals surface area contributed by atoms with Gasteiger partial charge in [-0.3, -0.25) is 0 Å². The minimum absolute atomic E-state index is 0.200. The van der Waals surface area contributed by atoms with Crippen molar-refractivity contribution < 1.29 is 26.0 Å². The van der Waals surface area contributed by atoms with Gasteiger partial charge in [-0.2, -0.15) is 8.78 Å². The number of nitrogens with two attached hydrogens (primary N) is 1. The average molecular weight is 266 g/mol. The Morgan fingerprint density at radius 3 is 2.25 bits per heavy atom. The second-order valence-electron chi connectivity index (χ2n) is 3.20. The first-order chi connectivity index (χ1) is 7.21. The normalized spacial score (nSPS) is 13.4. The molecular weight excluding hydrogens is 252 g/mol. The molecule has 0 aromatic rings. The molecule has 0 aromatic heterocycles. The van der Waals surface area contributed by atoms with E-state index in [1.54, 1.807) is 0 Å². The van der Waals surface area contributed by atoms with E-state index in [1.807, 2.05) is 0 Å². The van der Waals surface area contributed by atoms with E-state index in [4.69, 9.17) is 5.73 Å². The first kappa shape index (κ1) is 15.6. The van der Waals surface area contributed by atoms with Crippen LogP contribution in [0.1, 0.15) is 12.8 Å². The summed E-state index contributed by atoms with van der Waals surface area (Å²) in [5, 5.41) is 0. The summed E-state index contributed by atoms with van der Waals surface area (Å²) in [7, 11) is -3.94. The van der Waals surface area contributed by atoms with Crippen LogP contribution in [0.5, 0.6) is 0 Å². The number of nitrogens with one attached hydrogen (secondary N) is 1. The molecule has 0 heterocycles. The van der Waals surface area contributed by atoms with E-state index in [2.05, 4.69) is 0 Å². The molecular formula is C7H14F4N2O2S. The van der Waals surface area contributed by atoms with Crippen LogP contribution in [0.2, 0.25) is 0 Å². The standard InChI is InChI=1S/C7H14F4N2O2S/c8-6(9)7(10,11)5-13-16(14,15)4-2-1-3-12/h6,13H,1-5,12H2. The lowest BCUT2D eigenvalue weighted by Gasteiger charge is -2.15. The van der Waals surface area contributed by atoms with Crippen molar-refractivity contribution in [2.75, 3.05) is 18.8 Å². The van der Waals surface area contributed by atoms with Crippen molar-refractivity contribution in [3.63, 3.8) is 0 Å². The molecule has 16 heavy (non-hydrogen) atoms. The molecule has 0 saturated heterocycles. The molecule has 0 aliphatic rings. The highest BCUT2D eigenvalue weighted by atomic mass is 32.2. The van der Waals surface area contributed by atoms with Crippen molar-refractivity contribution in [3.8, 4) is 0 Å². The van der Waals surface area contributed by atoms with E-state index in [0.717, 1.165) is 0 Å². The number of unbranched alkanes of at least 4 members (excludes halogenated alkanes) is 1. The average Bonchev–Trinajstić information content (AvgIpc) is 2.15. The Kier molecular flexibility index (Phi) is 6.19. The van der Waals surface area contributed by atoms with Crippen LogP contribution in [0.25, 0.3) is 0 Å². The summed E-state index contributed by atoms with van der Waals surface area (Å²) in [6, 6.07) is 0. The van der Waals surface area contributed by atoms with Crippen LogP contribution in [0.4, 0.5) is 17.6 Å². The number of rotatable bonds is 8. The number of hydrogen-bond acceptors (Lipinski definition) is 3. The predicted molar refractivity (Wildman–Crippen MR) is 51.0 cm³/mol. The van der Waals surface area contributed by atoms with Crippen LogP contribution in [0.3, 0.4) is 0 Å². The smallest absolute Gasteiger partial charge is 0.320 e. The zero-order valence-corrected chi connectivity index (χ0v) is 9.24. The zero-order valence-electron chi connectivity index (χ0n) is 8.43. The van der Waals surface area contributed by atoms with Gasteiger partial charge < -0.3 is 5.73 Å². The number of alkyl halides is 4. The zero-order chi connectivity index (χ0) is 12.8. The maximum Gasteiger partial charge on any atom is 0.320 e. The van der Waals surface area contributed by atoms with Gasteiger partial charge in [0.2, 0.25) is 10.0 Å². The van der Waals surface area contributed by atoms with E-state index < -0.39 is 34.7 Å². The van der Waals surface area contributed by atoms with Crippen LogP contribution < -0.4 is 10.5 Å². The molecule has 98 valence electrons. The molecule has 9 heteroatoms. The van der Waals surface area contributed by atoms with Crippen molar-refractivity contribution in [1.82, 2.24) is 4.72 Å². The van der Waals surface area contributed by atoms with Gasteiger partial charge in [0.05, 0.1) is 12.3 Å². The lowest BCUT2D eigenvalue weighted by molar-refractivity contribution is -0.122. The third kappa shape index (κ3) is 6.23. The Morgan fingerprint density at radius 2 is 1.81 bits per heavy atom. The van der Waals surface area contributed by atoms with Crippen LogP contribution >= 0.6 is 0 Å². The second-order valence-corrected chi connectivity index (χ2v) is 5.12. The fourth-order valence-corrected chi connectivity index (χ4v) is 1.93. The van der Waals surface area contributed by atoms with Crippen LogP contribution in [-0.4, -0.2) is 39.6 Å². The lowest BCUT2D eigenvalue weighted by Crippen LogP contribution is -2.42. The SMILES string of the molecule is NCCCCS(=O)(=O)NCC(F)(F)C(F)F. The van der Waals surface area contributed by atoms with Crippen molar-refractivity contribution in [2.45, 2.75) is 25.2 Å². The Hall–Kier alpha value is -0.410. The molecule has 4 nitrogen and oxygen atoms in total. The number of halogens is 4. The molecule has 0 spiro atoms. The van der Waals surface area contributed by atoms with Gasteiger partial charge in [0, 0.05) is 0 Å². The monoisotopic (exact) mass is 266 g/mol. The Balaban J connectivity index is 4.09. The van der Waals surface area contributed by atoms with Crippen molar-refractivity contribution in [1.29, 1.82) is 0 Å². The van der Waals surface area contributed by atoms with Gasteiger partial charge in [-0.1, -0.05) is 0 Å². The van der Waals surface area contributed by atoms with Gasteiger partial charge in [-0.25, -0.2) is 21.9 Å². The van der Waals surface area contributed by atoms with Gasteiger partial charge in [-0.05, 0) is 19.4 Å². The van der Waals surface area contributed by atoms with Gasteiger partial charge in [0.1, 0.15) is 0 Å². The minimum Gasteiger partial charge on any atom is -0.330 e. The van der Waals surface area contributed by atoms with E-state index in [1.165, 1.54) is 4.72 Å². The van der Waals surface area contributed by atoms with Gasteiger partial charge >= 0.3 is 12.3 Å². The minimum atomic E-state index is -4.35. The molecule has 0 unspecified atom stereocenters. The summed E-state index contributed by atoms with van der Waals surface area (Å²) < 4.78 is 71.7. The van der Waals surface area contributed by atoms with E-state index in [-0.39, 0.29) is 13.0 Å². The fourth-order valence-electron chi connectivity index (χ4n) is 0.792. The first-order valence-electron chi connectivity index (χ1n) is 4.54. The molecule has 0 aliphatic carbocycles. The highest BCUT2D eigenvalue weighted by Crippen LogP contribution is 2.21. The molecule has 0 bridgehead atoms. The maximum absolute atomic E-state index is 12.4. The highest BCUT2D eigenvalue weighted by molar-refractivity contribution is 7.89. The summed E-state index contributed by atoms with van der Waals surface area (Å²) in [6.07, 6.45) is -3.27. The van der Waals surface area contributed by atoms with Crippen LogP contribution in [0.15, 0.2) is 0 Å². The van der Waals surface area contributed by atoms with Gasteiger partial charge in [0.15, 0.2) is 0 Å². The lowest BCUT2D eigenvalue weighted by atomic mass is 10.3. The molecule has 3 N–H and O–H groups in total. The third-order valence-electron chi connectivity index (χ3n) is 1.71. The largest absolute Gasteiger partial charge is 0.330 e. The van der Waals surface area contributed by atoms with Gasteiger partial charge in [-0.15, -0.1) is 0 Å². The molecule has 0 fully saturated rings. The molecule has 0 radical (unpaired) electrons. The van der Waals surface area contributed by atoms with Crippen molar-refractivity contribution in [2.24, 2.45) is 5.73 Å². The first-order valence-corrected chi connectivity index (χ1v) is 6.20. The van der Waals surface area contributed by atoms with Crippen LogP contribution in [-0.2, 0) is 10.0 Å². The molecule has 0 aliphatic heterocycles. The van der Waals surface area contributed by atoms with Crippen LogP contribution in [0, 0.1) is 0 Å². The summed E-state index contributed by atoms with van der Waals surface area (Å²) >= 11 is 0. The van der Waals surface area contributed by atoms with E-state index >= 15 is 0 Å². The summed E-state index contributed by atoms with van der Waals surface area (Å²) in [5.74, 6) is -4.75. The number of hydrogen-bond donors (Lipinski definition) is 2. The summed E-state index contributed by atoms with van der Waals surface area (Å²) in [4.78, 5) is 0. The Bertz CT molecular complexity index is 295. The topological polar surface area (TPSA) is 72.2 Å². The molecule has 0 rings (SSSR count). The van der Waals surface area contributed by atoms with Crippen molar-refractivity contribution >= 4 is 10.0 Å². The summed E-state index contributed by atoms with van der Waals surface area (Å²) in [5.41, 5.74) is 5.11. The fraction of sp³-hybridized carbons (Fsp3) is 1.00. The third-order valence-corrected chi connectivity index (χ3v) is 3.12. The predicted octanol–water partition coefficient (Wildman–Crippen LogP) is 0.545. The Morgan fingerprint density at radius 1 is 1.25 bits per heavy atom. The second kappa shape index (κ2) is 6.36. The molecule has 0 aromatic carbocycles. The Labute approximate surface area is 91.2 Å². The quantitative estimate of drug-likeness (QED) is 0.497. The molecule has 0 saturated carbocycles. The number of sulfonamides is 1. The van der Waals surface area contributed by atoms with E-state index in [9.17, 15) is 26.0 Å². The van der Waals surface area contributed by atoms with E-state index in [0.29, 0.717) is 6.42 Å². The van der Waals surface area contributed by atoms with Gasteiger partial charge in [0.25, 0.3) is 0 Å². The summed E-state index contributed by atoms with van der Waals surface area (Å²) in [6.45, 7) is -1.31. The molecule has 0 amide bonds. The molecule has 0 atom stereocenters. The highest BCUT2D eigenvalue weighted by Gasteiger charge is 2.41. The van der Waals surface area contributed by atoms with Crippen molar-refractivity contribution in [3.05, 3.63) is 0 Å².